The predicted molar refractivity (Wildman–Crippen MR) is 60.2 cm³/mol. The van der Waals surface area contributed by atoms with Crippen molar-refractivity contribution in [3.05, 3.63) is 29.1 Å². The lowest BCUT2D eigenvalue weighted by Gasteiger charge is -2.09. The Kier molecular flexibility index (Phi) is 5.58. The van der Waals surface area contributed by atoms with Crippen LogP contribution in [-0.4, -0.2) is 16.1 Å². The van der Waals surface area contributed by atoms with Gasteiger partial charge in [0.05, 0.1) is 6.61 Å². The molecule has 18 heavy (non-hydrogen) atoms. The number of unbranched alkanes of at least 4 members (excludes halogenated alkanes) is 1. The van der Waals surface area contributed by atoms with Gasteiger partial charge in [-0.15, -0.1) is 0 Å². The van der Waals surface area contributed by atoms with Gasteiger partial charge in [-0.3, -0.25) is 0 Å². The van der Waals surface area contributed by atoms with Crippen LogP contribution in [0.2, 0.25) is 12.6 Å². The molecule has 1 aromatic rings. The summed E-state index contributed by atoms with van der Waals surface area (Å²) >= 11 is 0. The Morgan fingerprint density at radius 1 is 0.833 bits per heavy atom. The Morgan fingerprint density at radius 2 is 1.33 bits per heavy atom. The molecule has 102 valence electrons. The van der Waals surface area contributed by atoms with Crippen LogP contribution in [0.15, 0.2) is 0 Å². The van der Waals surface area contributed by atoms with Crippen molar-refractivity contribution < 1.29 is 26.7 Å². The van der Waals surface area contributed by atoms with Crippen molar-refractivity contribution >= 4 is 9.52 Å². The first-order valence-electron chi connectivity index (χ1n) is 5.64. The fourth-order valence-corrected chi connectivity index (χ4v) is 2.27. The van der Waals surface area contributed by atoms with Crippen molar-refractivity contribution in [3.8, 4) is 5.75 Å². The Hall–Kier alpha value is -1.11. The monoisotopic (exact) mass is 284 g/mol. The zero-order valence-electron chi connectivity index (χ0n) is 9.83. The topological polar surface area (TPSA) is 9.23 Å². The minimum atomic E-state index is -2.17. The quantitative estimate of drug-likeness (QED) is 0.256. The van der Waals surface area contributed by atoms with Crippen molar-refractivity contribution in [3.63, 3.8) is 0 Å². The van der Waals surface area contributed by atoms with E-state index in [1.807, 2.05) is 0 Å². The summed E-state index contributed by atoms with van der Waals surface area (Å²) < 4.78 is 69.2. The van der Waals surface area contributed by atoms with Crippen LogP contribution in [0.25, 0.3) is 0 Å². The molecule has 7 heteroatoms. The Balaban J connectivity index is 2.77. The maximum absolute atomic E-state index is 13.1. The van der Waals surface area contributed by atoms with Crippen LogP contribution in [0.3, 0.4) is 0 Å². The number of ether oxygens (including phenoxy) is 1. The molecule has 1 nitrogen and oxygen atoms in total. The van der Waals surface area contributed by atoms with Crippen molar-refractivity contribution in [1.29, 1.82) is 0 Å². The minimum Gasteiger partial charge on any atom is -0.487 e. The first-order chi connectivity index (χ1) is 8.50. The first-order valence-corrected chi connectivity index (χ1v) is 8.06. The number of benzene rings is 1. The molecule has 0 saturated carbocycles. The maximum Gasteiger partial charge on any atom is 0.206 e. The third-order valence-electron chi connectivity index (χ3n) is 2.41. The lowest BCUT2D eigenvalue weighted by atomic mass is 10.2. The molecule has 0 spiro atoms. The second-order valence-electron chi connectivity index (χ2n) is 3.81. The summed E-state index contributed by atoms with van der Waals surface area (Å²) in [4.78, 5) is 0. The summed E-state index contributed by atoms with van der Waals surface area (Å²) in [6, 6.07) is 1.06. The highest BCUT2D eigenvalue weighted by Crippen LogP contribution is 2.29. The van der Waals surface area contributed by atoms with E-state index in [-0.39, 0.29) is 16.1 Å². The highest BCUT2D eigenvalue weighted by Gasteiger charge is 2.26. The van der Waals surface area contributed by atoms with Gasteiger partial charge in [-0.2, -0.15) is 8.78 Å². The van der Waals surface area contributed by atoms with Gasteiger partial charge in [0.1, 0.15) is 0 Å². The van der Waals surface area contributed by atoms with E-state index in [2.05, 4.69) is 11.3 Å². The van der Waals surface area contributed by atoms with Crippen molar-refractivity contribution in [1.82, 2.24) is 0 Å². The molecule has 0 fully saturated rings. The van der Waals surface area contributed by atoms with E-state index in [1.165, 1.54) is 0 Å². The van der Waals surface area contributed by atoms with Gasteiger partial charge in [0.2, 0.25) is 29.1 Å². The van der Waals surface area contributed by atoms with E-state index < -0.39 is 34.8 Å². The maximum atomic E-state index is 13.1. The van der Waals surface area contributed by atoms with E-state index >= 15 is 0 Å². The lowest BCUT2D eigenvalue weighted by molar-refractivity contribution is 0.258. The molecule has 0 aromatic heterocycles. The highest BCUT2D eigenvalue weighted by molar-refractivity contribution is 6.33. The van der Waals surface area contributed by atoms with Gasteiger partial charge in [0, 0.05) is 9.52 Å². The molecule has 0 unspecified atom stereocenters. The summed E-state index contributed by atoms with van der Waals surface area (Å²) in [6.07, 6.45) is 1.36. The average molecular weight is 284 g/mol. The zero-order chi connectivity index (χ0) is 13.7. The second-order valence-corrected chi connectivity index (χ2v) is 5.52. The van der Waals surface area contributed by atoms with Crippen LogP contribution in [-0.2, 0) is 0 Å². The van der Waals surface area contributed by atoms with Crippen LogP contribution >= 0.6 is 0 Å². The summed E-state index contributed by atoms with van der Waals surface area (Å²) in [7, 11) is -0.0840. The molecule has 0 atom stereocenters. The molecule has 0 aliphatic rings. The molecule has 1 rings (SSSR count). The van der Waals surface area contributed by atoms with Crippen LogP contribution in [0, 0.1) is 29.1 Å². The molecular weight excluding hydrogens is 271 g/mol. The molecular formula is C11H13F5OSi. The van der Waals surface area contributed by atoms with Crippen LogP contribution in [0.1, 0.15) is 12.8 Å². The molecule has 0 aliphatic heterocycles. The normalized spacial score (nSPS) is 11.4. The molecule has 1 aromatic carbocycles. The van der Waals surface area contributed by atoms with E-state index in [1.54, 1.807) is 0 Å². The number of hydrogen-bond acceptors (Lipinski definition) is 1. The van der Waals surface area contributed by atoms with E-state index in [0.717, 1.165) is 12.5 Å². The van der Waals surface area contributed by atoms with E-state index in [9.17, 15) is 22.0 Å². The molecule has 0 amide bonds. The average Bonchev–Trinajstić information content (AvgIpc) is 2.37. The van der Waals surface area contributed by atoms with Crippen LogP contribution in [0.4, 0.5) is 22.0 Å². The number of halogens is 5. The Bertz CT molecular complexity index is 395. The predicted octanol–water partition coefficient (Wildman–Crippen LogP) is 3.18. The van der Waals surface area contributed by atoms with Gasteiger partial charge in [0.15, 0.2) is 5.75 Å². The number of rotatable bonds is 6. The molecule has 0 saturated heterocycles. The van der Waals surface area contributed by atoms with Gasteiger partial charge in [-0.05, 0) is 6.42 Å². The summed E-state index contributed by atoms with van der Waals surface area (Å²) in [5.74, 6) is -11.2. The van der Waals surface area contributed by atoms with E-state index in [4.69, 9.17) is 0 Å². The molecule has 0 bridgehead atoms. The van der Waals surface area contributed by atoms with Gasteiger partial charge in [-0.1, -0.05) is 19.0 Å². The molecule has 0 N–H and O–H groups in total. The van der Waals surface area contributed by atoms with Crippen molar-refractivity contribution in [2.45, 2.75) is 25.4 Å². The van der Waals surface area contributed by atoms with Crippen molar-refractivity contribution in [2.75, 3.05) is 6.61 Å². The van der Waals surface area contributed by atoms with Crippen LogP contribution in [0.5, 0.6) is 5.75 Å². The zero-order valence-corrected chi connectivity index (χ0v) is 11.2. The Labute approximate surface area is 104 Å². The third-order valence-corrected chi connectivity index (χ3v) is 3.62. The largest absolute Gasteiger partial charge is 0.487 e. The van der Waals surface area contributed by atoms with Gasteiger partial charge in [0.25, 0.3) is 0 Å². The van der Waals surface area contributed by atoms with Crippen LogP contribution < -0.4 is 4.74 Å². The first kappa shape index (κ1) is 14.9. The standard InChI is InChI=1S/C11H13F5OSi/c1-18-5-3-2-4-17-11-9(15)7(13)6(12)8(14)10(11)16/h2-5,18H2,1H3. The summed E-state index contributed by atoms with van der Waals surface area (Å²) in [5.41, 5.74) is 0. The number of hydrogen-bond donors (Lipinski definition) is 0. The SMILES string of the molecule is C[SiH2]CCCCOc1c(F)c(F)c(F)c(F)c1F. The lowest BCUT2D eigenvalue weighted by Crippen LogP contribution is -2.08. The van der Waals surface area contributed by atoms with Gasteiger partial charge >= 0.3 is 0 Å². The Morgan fingerprint density at radius 3 is 1.83 bits per heavy atom. The second kappa shape index (κ2) is 6.72. The third kappa shape index (κ3) is 3.21. The highest BCUT2D eigenvalue weighted by atomic mass is 28.2. The molecule has 0 radical (unpaired) electrons. The fraction of sp³-hybridized carbons (Fsp3) is 0.455. The minimum absolute atomic E-state index is 0.0627. The summed E-state index contributed by atoms with van der Waals surface area (Å²) in [5, 5.41) is 0. The fourth-order valence-electron chi connectivity index (χ4n) is 1.41. The molecule has 0 heterocycles. The molecule has 0 aliphatic carbocycles. The van der Waals surface area contributed by atoms with E-state index in [0.29, 0.717) is 6.42 Å². The van der Waals surface area contributed by atoms with Crippen molar-refractivity contribution in [2.24, 2.45) is 0 Å². The van der Waals surface area contributed by atoms with Gasteiger partial charge in [-0.25, -0.2) is 13.2 Å². The van der Waals surface area contributed by atoms with Gasteiger partial charge < -0.3 is 4.74 Å². The smallest absolute Gasteiger partial charge is 0.206 e. The summed E-state index contributed by atoms with van der Waals surface area (Å²) in [6.45, 7) is 2.05.